The lowest BCUT2D eigenvalue weighted by Crippen LogP contribution is -2.23. The van der Waals surface area contributed by atoms with Gasteiger partial charge >= 0.3 is 0 Å². The van der Waals surface area contributed by atoms with E-state index in [2.05, 4.69) is 49.9 Å². The Morgan fingerprint density at radius 2 is 2.15 bits per heavy atom. The highest BCUT2D eigenvalue weighted by Crippen LogP contribution is 2.22. The van der Waals surface area contributed by atoms with Gasteiger partial charge in [-0.2, -0.15) is 0 Å². The molecule has 2 heterocycles. The van der Waals surface area contributed by atoms with Gasteiger partial charge in [0.15, 0.2) is 0 Å². The van der Waals surface area contributed by atoms with Crippen LogP contribution in [-0.4, -0.2) is 38.2 Å². The van der Waals surface area contributed by atoms with Gasteiger partial charge in [-0.05, 0) is 26.1 Å². The molecule has 0 bridgehead atoms. The van der Waals surface area contributed by atoms with Gasteiger partial charge in [0.1, 0.15) is 17.2 Å². The summed E-state index contributed by atoms with van der Waals surface area (Å²) in [7, 11) is 2.12. The minimum absolute atomic E-state index is 0.876. The Balaban J connectivity index is 1.61. The molecule has 2 aromatic heterocycles. The number of hydrogen-bond donors (Lipinski definition) is 0. The van der Waals surface area contributed by atoms with Crippen molar-refractivity contribution < 1.29 is 0 Å². The summed E-state index contributed by atoms with van der Waals surface area (Å²) in [5.74, 6) is 0.957. The second-order valence-electron chi connectivity index (χ2n) is 4.88. The molecule has 0 atom stereocenters. The molecule has 0 aliphatic rings. The highest BCUT2D eigenvalue weighted by molar-refractivity contribution is 7.18. The first-order chi connectivity index (χ1) is 9.72. The lowest BCUT2D eigenvalue weighted by atomic mass is 10.3. The molecule has 3 rings (SSSR count). The summed E-state index contributed by atoms with van der Waals surface area (Å²) in [5.41, 5.74) is 1.09. The number of nitrogens with zero attached hydrogens (tertiary/aromatic N) is 5. The van der Waals surface area contributed by atoms with Gasteiger partial charge in [-0.1, -0.05) is 12.1 Å². The fourth-order valence-corrected chi connectivity index (χ4v) is 3.16. The fraction of sp³-hybridized carbons (Fsp3) is 0.357. The molecule has 20 heavy (non-hydrogen) atoms. The van der Waals surface area contributed by atoms with Crippen LogP contribution in [0.4, 0.5) is 0 Å². The zero-order chi connectivity index (χ0) is 13.9. The van der Waals surface area contributed by atoms with E-state index in [1.807, 2.05) is 13.0 Å². The van der Waals surface area contributed by atoms with Gasteiger partial charge in [0.25, 0.3) is 0 Å². The highest BCUT2D eigenvalue weighted by atomic mass is 32.1. The number of para-hydroxylation sites is 1. The molecule has 0 unspecified atom stereocenters. The molecule has 0 saturated carbocycles. The van der Waals surface area contributed by atoms with Gasteiger partial charge in [-0.25, -0.2) is 4.98 Å². The number of rotatable bonds is 5. The van der Waals surface area contributed by atoms with Gasteiger partial charge in [-0.3, -0.25) is 4.90 Å². The Morgan fingerprint density at radius 1 is 1.30 bits per heavy atom. The average Bonchev–Trinajstić information content (AvgIpc) is 3.01. The lowest BCUT2D eigenvalue weighted by molar-refractivity contribution is 0.310. The van der Waals surface area contributed by atoms with Crippen molar-refractivity contribution in [2.45, 2.75) is 20.0 Å². The van der Waals surface area contributed by atoms with Crippen LogP contribution in [0, 0.1) is 6.92 Å². The van der Waals surface area contributed by atoms with Crippen molar-refractivity contribution in [3.05, 3.63) is 41.4 Å². The molecule has 104 valence electrons. The van der Waals surface area contributed by atoms with Crippen LogP contribution < -0.4 is 0 Å². The second kappa shape index (κ2) is 5.68. The Hall–Kier alpha value is -1.79. The fourth-order valence-electron chi connectivity index (χ4n) is 2.11. The van der Waals surface area contributed by atoms with Crippen molar-refractivity contribution in [1.29, 1.82) is 0 Å². The Kier molecular flexibility index (Phi) is 3.75. The monoisotopic (exact) mass is 287 g/mol. The lowest BCUT2D eigenvalue weighted by Gasteiger charge is -2.15. The van der Waals surface area contributed by atoms with Gasteiger partial charge in [-0.15, -0.1) is 21.5 Å². The van der Waals surface area contributed by atoms with Crippen LogP contribution in [0.5, 0.6) is 0 Å². The summed E-state index contributed by atoms with van der Waals surface area (Å²) in [5, 5.41) is 9.05. The van der Waals surface area contributed by atoms with Crippen LogP contribution in [0.15, 0.2) is 30.6 Å². The Bertz CT molecular complexity index is 669. The molecule has 0 aliphatic heterocycles. The molecular weight excluding hydrogens is 270 g/mol. The summed E-state index contributed by atoms with van der Waals surface area (Å²) in [4.78, 5) is 6.94. The standard InChI is InChI=1S/C14H17N5S/c1-11-17-15-10-19(11)8-7-18(2)9-14-16-12-5-3-4-6-13(12)20-14/h3-6,10H,7-9H2,1-2H3. The van der Waals surface area contributed by atoms with E-state index in [-0.39, 0.29) is 0 Å². The van der Waals surface area contributed by atoms with E-state index in [1.54, 1.807) is 17.7 Å². The smallest absolute Gasteiger partial charge is 0.129 e. The maximum Gasteiger partial charge on any atom is 0.129 e. The first-order valence-corrected chi connectivity index (χ1v) is 7.41. The Morgan fingerprint density at radius 3 is 2.90 bits per heavy atom. The minimum Gasteiger partial charge on any atom is -0.317 e. The molecule has 0 aliphatic carbocycles. The number of hydrogen-bond acceptors (Lipinski definition) is 5. The number of thiazole rings is 1. The topological polar surface area (TPSA) is 46.8 Å². The molecule has 1 aromatic carbocycles. The maximum absolute atomic E-state index is 4.66. The van der Waals surface area contributed by atoms with E-state index in [9.17, 15) is 0 Å². The summed E-state index contributed by atoms with van der Waals surface area (Å²) in [6.07, 6.45) is 1.78. The van der Waals surface area contributed by atoms with Gasteiger partial charge in [0.05, 0.1) is 16.8 Å². The minimum atomic E-state index is 0.876. The van der Waals surface area contributed by atoms with E-state index < -0.39 is 0 Å². The van der Waals surface area contributed by atoms with Crippen molar-refractivity contribution >= 4 is 21.6 Å². The van der Waals surface area contributed by atoms with Gasteiger partial charge in [0, 0.05) is 13.1 Å². The van der Waals surface area contributed by atoms with Crippen LogP contribution in [0.2, 0.25) is 0 Å². The molecule has 6 heteroatoms. The molecule has 0 saturated heterocycles. The van der Waals surface area contributed by atoms with Crippen LogP contribution in [0.25, 0.3) is 10.2 Å². The van der Waals surface area contributed by atoms with E-state index in [4.69, 9.17) is 0 Å². The normalized spacial score (nSPS) is 11.6. The summed E-state index contributed by atoms with van der Waals surface area (Å²) < 4.78 is 3.32. The molecule has 0 amide bonds. The molecule has 0 fully saturated rings. The zero-order valence-electron chi connectivity index (χ0n) is 11.7. The van der Waals surface area contributed by atoms with E-state index in [1.165, 1.54) is 4.70 Å². The summed E-state index contributed by atoms with van der Waals surface area (Å²) in [6, 6.07) is 8.28. The zero-order valence-corrected chi connectivity index (χ0v) is 12.5. The predicted octanol–water partition coefficient (Wildman–Crippen LogP) is 2.33. The maximum atomic E-state index is 4.66. The Labute approximate surface area is 121 Å². The van der Waals surface area contributed by atoms with Crippen molar-refractivity contribution in [1.82, 2.24) is 24.6 Å². The van der Waals surface area contributed by atoms with Crippen LogP contribution in [0.1, 0.15) is 10.8 Å². The molecule has 5 nitrogen and oxygen atoms in total. The van der Waals surface area contributed by atoms with Crippen LogP contribution in [-0.2, 0) is 13.1 Å². The molecule has 0 N–H and O–H groups in total. The predicted molar refractivity (Wildman–Crippen MR) is 80.7 cm³/mol. The third kappa shape index (κ3) is 2.86. The SMILES string of the molecule is Cc1nncn1CCN(C)Cc1nc2ccccc2s1. The highest BCUT2D eigenvalue weighted by Gasteiger charge is 2.07. The molecular formula is C14H17N5S. The largest absolute Gasteiger partial charge is 0.317 e. The van der Waals surface area contributed by atoms with Crippen LogP contribution >= 0.6 is 11.3 Å². The van der Waals surface area contributed by atoms with Crippen molar-refractivity contribution in [2.24, 2.45) is 0 Å². The molecule has 0 radical (unpaired) electrons. The van der Waals surface area contributed by atoms with E-state index in [0.29, 0.717) is 0 Å². The van der Waals surface area contributed by atoms with Crippen molar-refractivity contribution in [3.63, 3.8) is 0 Å². The third-order valence-electron chi connectivity index (χ3n) is 3.28. The number of aromatic nitrogens is 4. The van der Waals surface area contributed by atoms with Crippen LogP contribution in [0.3, 0.4) is 0 Å². The third-order valence-corrected chi connectivity index (χ3v) is 4.30. The summed E-state index contributed by atoms with van der Waals surface area (Å²) in [6.45, 7) is 4.70. The van der Waals surface area contributed by atoms with Gasteiger partial charge < -0.3 is 4.57 Å². The number of aryl methyl sites for hydroxylation is 1. The number of benzene rings is 1. The van der Waals surface area contributed by atoms with E-state index >= 15 is 0 Å². The first-order valence-electron chi connectivity index (χ1n) is 6.60. The summed E-state index contributed by atoms with van der Waals surface area (Å²) >= 11 is 1.77. The molecule has 3 aromatic rings. The number of fused-ring (bicyclic) bond motifs is 1. The quantitative estimate of drug-likeness (QED) is 0.722. The van der Waals surface area contributed by atoms with E-state index in [0.717, 1.165) is 36.0 Å². The van der Waals surface area contributed by atoms with Crippen molar-refractivity contribution in [2.75, 3.05) is 13.6 Å². The van der Waals surface area contributed by atoms with Crippen molar-refractivity contribution in [3.8, 4) is 0 Å². The van der Waals surface area contributed by atoms with Gasteiger partial charge in [0.2, 0.25) is 0 Å². The second-order valence-corrected chi connectivity index (χ2v) is 6.00. The average molecular weight is 287 g/mol. The first kappa shape index (κ1) is 13.2. The molecule has 0 spiro atoms. The number of likely N-dealkylation sites (N-methyl/N-ethyl adjacent to an activating group) is 1.